The lowest BCUT2D eigenvalue weighted by molar-refractivity contribution is -0.117. The van der Waals surface area contributed by atoms with E-state index in [1.807, 2.05) is 20.8 Å². The van der Waals surface area contributed by atoms with Gasteiger partial charge in [0.25, 0.3) is 5.91 Å². The SMILES string of the molecule is CCOc1cc(C(=O)NC2CC(=O)N(c3ccc(Cl)cc3)C2)cc(OCC)c1OCC. The number of rotatable bonds is 9. The molecule has 1 N–H and O–H groups in total. The van der Waals surface area contributed by atoms with Crippen LogP contribution in [0.3, 0.4) is 0 Å². The van der Waals surface area contributed by atoms with Crippen LogP contribution >= 0.6 is 11.6 Å². The summed E-state index contributed by atoms with van der Waals surface area (Å²) in [6.07, 6.45) is 0.224. The summed E-state index contributed by atoms with van der Waals surface area (Å²) in [7, 11) is 0. The Hall–Kier alpha value is -2.93. The van der Waals surface area contributed by atoms with E-state index in [1.54, 1.807) is 41.3 Å². The van der Waals surface area contributed by atoms with Gasteiger partial charge in [-0.1, -0.05) is 11.6 Å². The molecule has 2 aromatic carbocycles. The van der Waals surface area contributed by atoms with E-state index in [0.29, 0.717) is 54.2 Å². The number of hydrogen-bond acceptors (Lipinski definition) is 5. The van der Waals surface area contributed by atoms with Crippen LogP contribution in [0.5, 0.6) is 17.2 Å². The first-order chi connectivity index (χ1) is 15.0. The number of nitrogens with zero attached hydrogens (tertiary/aromatic N) is 1. The maximum Gasteiger partial charge on any atom is 0.251 e. The van der Waals surface area contributed by atoms with E-state index in [0.717, 1.165) is 5.69 Å². The van der Waals surface area contributed by atoms with Crippen LogP contribution in [-0.2, 0) is 4.79 Å². The Balaban J connectivity index is 1.78. The molecule has 3 rings (SSSR count). The van der Waals surface area contributed by atoms with Gasteiger partial charge >= 0.3 is 0 Å². The summed E-state index contributed by atoms with van der Waals surface area (Å²) in [4.78, 5) is 27.1. The third-order valence-electron chi connectivity index (χ3n) is 4.77. The van der Waals surface area contributed by atoms with Crippen LogP contribution in [0.15, 0.2) is 36.4 Å². The Morgan fingerprint density at radius 2 is 1.61 bits per heavy atom. The van der Waals surface area contributed by atoms with Gasteiger partial charge in [0.1, 0.15) is 0 Å². The minimum absolute atomic E-state index is 0.0515. The molecule has 166 valence electrons. The van der Waals surface area contributed by atoms with E-state index in [-0.39, 0.29) is 24.3 Å². The molecule has 0 spiro atoms. The quantitative estimate of drug-likeness (QED) is 0.628. The highest BCUT2D eigenvalue weighted by atomic mass is 35.5. The van der Waals surface area contributed by atoms with E-state index in [9.17, 15) is 9.59 Å². The molecular formula is C23H27ClN2O5. The topological polar surface area (TPSA) is 77.1 Å². The van der Waals surface area contributed by atoms with Crippen molar-refractivity contribution in [2.75, 3.05) is 31.3 Å². The Kier molecular flexibility index (Phi) is 7.63. The zero-order chi connectivity index (χ0) is 22.4. The van der Waals surface area contributed by atoms with Gasteiger partial charge in [0.15, 0.2) is 11.5 Å². The fourth-order valence-corrected chi connectivity index (χ4v) is 3.59. The molecule has 1 aliphatic heterocycles. The van der Waals surface area contributed by atoms with Crippen molar-refractivity contribution in [1.82, 2.24) is 5.32 Å². The third kappa shape index (κ3) is 5.41. The number of amides is 2. The number of ether oxygens (including phenoxy) is 3. The van der Waals surface area contributed by atoms with Crippen molar-refractivity contribution in [3.8, 4) is 17.2 Å². The molecule has 1 heterocycles. The maximum atomic E-state index is 13.0. The van der Waals surface area contributed by atoms with Gasteiger partial charge in [-0.15, -0.1) is 0 Å². The summed E-state index contributed by atoms with van der Waals surface area (Å²) < 4.78 is 17.0. The zero-order valence-electron chi connectivity index (χ0n) is 17.9. The predicted octanol–water partition coefficient (Wildman–Crippen LogP) is 4.07. The molecule has 2 aromatic rings. The van der Waals surface area contributed by atoms with E-state index >= 15 is 0 Å². The summed E-state index contributed by atoms with van der Waals surface area (Å²) in [5.41, 5.74) is 1.14. The van der Waals surface area contributed by atoms with Crippen molar-refractivity contribution in [3.05, 3.63) is 47.0 Å². The number of hydrogen-bond donors (Lipinski definition) is 1. The maximum absolute atomic E-state index is 13.0. The number of benzene rings is 2. The summed E-state index contributed by atoms with van der Waals surface area (Å²) in [6.45, 7) is 7.26. The highest BCUT2D eigenvalue weighted by molar-refractivity contribution is 6.30. The summed E-state index contributed by atoms with van der Waals surface area (Å²) in [6, 6.07) is 10.0. The lowest BCUT2D eigenvalue weighted by atomic mass is 10.1. The first kappa shape index (κ1) is 22.7. The summed E-state index contributed by atoms with van der Waals surface area (Å²) in [5.74, 6) is 1.02. The molecule has 8 heteroatoms. The van der Waals surface area contributed by atoms with Crippen molar-refractivity contribution in [2.45, 2.75) is 33.2 Å². The zero-order valence-corrected chi connectivity index (χ0v) is 18.7. The van der Waals surface area contributed by atoms with Gasteiger partial charge in [0.2, 0.25) is 11.7 Å². The van der Waals surface area contributed by atoms with Crippen molar-refractivity contribution in [1.29, 1.82) is 0 Å². The van der Waals surface area contributed by atoms with Gasteiger partial charge in [-0.2, -0.15) is 0 Å². The first-order valence-electron chi connectivity index (χ1n) is 10.4. The van der Waals surface area contributed by atoms with Crippen LogP contribution in [0.4, 0.5) is 5.69 Å². The van der Waals surface area contributed by atoms with Crippen LogP contribution in [0, 0.1) is 0 Å². The van der Waals surface area contributed by atoms with E-state index in [1.165, 1.54) is 0 Å². The Morgan fingerprint density at radius 3 is 2.16 bits per heavy atom. The molecule has 1 atom stereocenters. The van der Waals surface area contributed by atoms with Gasteiger partial charge in [-0.25, -0.2) is 0 Å². The largest absolute Gasteiger partial charge is 0.490 e. The second kappa shape index (κ2) is 10.4. The number of halogens is 1. The molecule has 31 heavy (non-hydrogen) atoms. The Labute approximate surface area is 187 Å². The van der Waals surface area contributed by atoms with Crippen molar-refractivity contribution < 1.29 is 23.8 Å². The molecule has 1 unspecified atom stereocenters. The molecule has 7 nitrogen and oxygen atoms in total. The van der Waals surface area contributed by atoms with E-state index < -0.39 is 0 Å². The highest BCUT2D eigenvalue weighted by Crippen LogP contribution is 2.39. The predicted molar refractivity (Wildman–Crippen MR) is 120 cm³/mol. The smallest absolute Gasteiger partial charge is 0.251 e. The van der Waals surface area contributed by atoms with Crippen LogP contribution in [0.2, 0.25) is 5.02 Å². The third-order valence-corrected chi connectivity index (χ3v) is 5.02. The molecule has 2 amide bonds. The Bertz CT molecular complexity index is 905. The summed E-state index contributed by atoms with van der Waals surface area (Å²) >= 11 is 5.93. The fraction of sp³-hybridized carbons (Fsp3) is 0.391. The highest BCUT2D eigenvalue weighted by Gasteiger charge is 2.32. The molecule has 0 bridgehead atoms. The number of carbonyl (C=O) groups is 2. The van der Waals surface area contributed by atoms with Crippen LogP contribution in [0.25, 0.3) is 0 Å². The Morgan fingerprint density at radius 1 is 1.03 bits per heavy atom. The van der Waals surface area contributed by atoms with Crippen LogP contribution in [0.1, 0.15) is 37.6 Å². The minimum Gasteiger partial charge on any atom is -0.490 e. The number of carbonyl (C=O) groups excluding carboxylic acids is 2. The van der Waals surface area contributed by atoms with Crippen molar-refractivity contribution in [2.24, 2.45) is 0 Å². The van der Waals surface area contributed by atoms with Gasteiger partial charge in [-0.05, 0) is 57.2 Å². The normalized spacial score (nSPS) is 15.7. The van der Waals surface area contributed by atoms with Crippen LogP contribution in [-0.4, -0.2) is 44.2 Å². The van der Waals surface area contributed by atoms with Gasteiger partial charge in [0, 0.05) is 29.2 Å². The number of nitrogens with one attached hydrogen (secondary N) is 1. The monoisotopic (exact) mass is 446 g/mol. The molecule has 1 saturated heterocycles. The van der Waals surface area contributed by atoms with E-state index in [2.05, 4.69) is 5.32 Å². The fourth-order valence-electron chi connectivity index (χ4n) is 3.46. The standard InChI is InChI=1S/C23H27ClN2O5/c1-4-29-19-11-15(12-20(30-5-2)22(19)31-6-3)23(28)25-17-13-21(27)26(14-17)18-9-7-16(24)8-10-18/h7-12,17H,4-6,13-14H2,1-3H3,(H,25,28). The number of anilines is 1. The van der Waals surface area contributed by atoms with Crippen LogP contribution < -0.4 is 24.4 Å². The molecule has 0 saturated carbocycles. The molecule has 0 aromatic heterocycles. The first-order valence-corrected chi connectivity index (χ1v) is 10.8. The summed E-state index contributed by atoms with van der Waals surface area (Å²) in [5, 5.41) is 3.55. The molecule has 0 aliphatic carbocycles. The average Bonchev–Trinajstić information content (AvgIpc) is 3.11. The second-order valence-electron chi connectivity index (χ2n) is 6.96. The molecular weight excluding hydrogens is 420 g/mol. The van der Waals surface area contributed by atoms with Crippen molar-refractivity contribution in [3.63, 3.8) is 0 Å². The molecule has 1 aliphatic rings. The second-order valence-corrected chi connectivity index (χ2v) is 7.39. The van der Waals surface area contributed by atoms with Gasteiger partial charge < -0.3 is 24.4 Å². The van der Waals surface area contributed by atoms with E-state index in [4.69, 9.17) is 25.8 Å². The van der Waals surface area contributed by atoms with Crippen molar-refractivity contribution >= 4 is 29.1 Å². The lowest BCUT2D eigenvalue weighted by Gasteiger charge is -2.19. The van der Waals surface area contributed by atoms with Gasteiger partial charge in [-0.3, -0.25) is 9.59 Å². The van der Waals surface area contributed by atoms with Gasteiger partial charge in [0.05, 0.1) is 25.9 Å². The average molecular weight is 447 g/mol. The molecule has 0 radical (unpaired) electrons. The lowest BCUT2D eigenvalue weighted by Crippen LogP contribution is -2.37. The molecule has 1 fully saturated rings. The minimum atomic E-state index is -0.312.